The van der Waals surface area contributed by atoms with Crippen molar-refractivity contribution >= 4 is 11.6 Å². The van der Waals surface area contributed by atoms with Crippen molar-refractivity contribution in [2.45, 2.75) is 26.8 Å². The maximum Gasteiger partial charge on any atom is 0.225 e. The van der Waals surface area contributed by atoms with Crippen molar-refractivity contribution in [3.05, 3.63) is 12.4 Å². The Morgan fingerprint density at radius 2 is 2.31 bits per heavy atom. The Bertz CT molecular complexity index is 332. The van der Waals surface area contributed by atoms with E-state index in [-0.39, 0.29) is 5.91 Å². The molecular weight excluding hydrogens is 204 g/mol. The SMILES string of the molecule is CNCCC(=O)Nc1cnn(CC(C)C)c1. The summed E-state index contributed by atoms with van der Waals surface area (Å²) in [5.74, 6) is 0.561. The molecule has 0 saturated heterocycles. The van der Waals surface area contributed by atoms with E-state index in [2.05, 4.69) is 29.6 Å². The zero-order chi connectivity index (χ0) is 12.0. The third-order valence-electron chi connectivity index (χ3n) is 2.07. The van der Waals surface area contributed by atoms with E-state index in [9.17, 15) is 4.79 Å². The molecule has 90 valence electrons. The average Bonchev–Trinajstić information content (AvgIpc) is 2.61. The number of hydrogen-bond donors (Lipinski definition) is 2. The van der Waals surface area contributed by atoms with Crippen molar-refractivity contribution in [1.29, 1.82) is 0 Å². The predicted octanol–water partition coefficient (Wildman–Crippen LogP) is 1.09. The van der Waals surface area contributed by atoms with Crippen LogP contribution in [0, 0.1) is 5.92 Å². The van der Waals surface area contributed by atoms with Crippen molar-refractivity contribution < 1.29 is 4.79 Å². The number of amides is 1. The molecule has 0 aliphatic rings. The fourth-order valence-corrected chi connectivity index (χ4v) is 1.36. The first-order chi connectivity index (χ1) is 7.61. The Balaban J connectivity index is 2.42. The Morgan fingerprint density at radius 3 is 2.94 bits per heavy atom. The summed E-state index contributed by atoms with van der Waals surface area (Å²) in [6.07, 6.45) is 4.02. The first-order valence-electron chi connectivity index (χ1n) is 5.58. The highest BCUT2D eigenvalue weighted by Crippen LogP contribution is 2.07. The summed E-state index contributed by atoms with van der Waals surface area (Å²) < 4.78 is 1.85. The van der Waals surface area contributed by atoms with Gasteiger partial charge in [-0.15, -0.1) is 0 Å². The number of nitrogens with one attached hydrogen (secondary N) is 2. The van der Waals surface area contributed by atoms with Crippen molar-refractivity contribution in [3.8, 4) is 0 Å². The molecule has 1 heterocycles. The van der Waals surface area contributed by atoms with Gasteiger partial charge in [0.25, 0.3) is 0 Å². The quantitative estimate of drug-likeness (QED) is 0.760. The van der Waals surface area contributed by atoms with E-state index >= 15 is 0 Å². The third-order valence-corrected chi connectivity index (χ3v) is 2.07. The van der Waals surface area contributed by atoms with E-state index < -0.39 is 0 Å². The van der Waals surface area contributed by atoms with Crippen molar-refractivity contribution in [3.63, 3.8) is 0 Å². The largest absolute Gasteiger partial charge is 0.323 e. The van der Waals surface area contributed by atoms with E-state index in [1.807, 2.05) is 17.9 Å². The summed E-state index contributed by atoms with van der Waals surface area (Å²) >= 11 is 0. The monoisotopic (exact) mass is 224 g/mol. The smallest absolute Gasteiger partial charge is 0.225 e. The minimum absolute atomic E-state index is 0.0125. The van der Waals surface area contributed by atoms with E-state index in [1.54, 1.807) is 6.20 Å². The maximum absolute atomic E-state index is 11.4. The normalized spacial score (nSPS) is 10.8. The zero-order valence-corrected chi connectivity index (χ0v) is 10.2. The summed E-state index contributed by atoms with van der Waals surface area (Å²) in [5.41, 5.74) is 0.766. The molecule has 0 aromatic carbocycles. The molecule has 1 amide bonds. The van der Waals surface area contributed by atoms with Gasteiger partial charge in [-0.3, -0.25) is 9.48 Å². The van der Waals surface area contributed by atoms with Gasteiger partial charge in [0.1, 0.15) is 0 Å². The highest BCUT2D eigenvalue weighted by atomic mass is 16.1. The Hall–Kier alpha value is -1.36. The van der Waals surface area contributed by atoms with Crippen molar-refractivity contribution in [1.82, 2.24) is 15.1 Å². The molecule has 1 aromatic heterocycles. The molecule has 1 aromatic rings. The van der Waals surface area contributed by atoms with Crippen LogP contribution in [0.3, 0.4) is 0 Å². The van der Waals surface area contributed by atoms with Gasteiger partial charge in [0, 0.05) is 25.7 Å². The molecular formula is C11H20N4O. The Kier molecular flexibility index (Phi) is 4.98. The van der Waals surface area contributed by atoms with Crippen LogP contribution in [0.25, 0.3) is 0 Å². The summed E-state index contributed by atoms with van der Waals surface area (Å²) in [7, 11) is 1.83. The molecule has 0 aliphatic heterocycles. The molecule has 0 atom stereocenters. The molecule has 0 fully saturated rings. The van der Waals surface area contributed by atoms with Crippen LogP contribution in [0.1, 0.15) is 20.3 Å². The van der Waals surface area contributed by atoms with Gasteiger partial charge in [0.2, 0.25) is 5.91 Å². The molecule has 5 heteroatoms. The number of carbonyl (C=O) groups is 1. The van der Waals surface area contributed by atoms with Gasteiger partial charge in [-0.1, -0.05) is 13.8 Å². The minimum Gasteiger partial charge on any atom is -0.323 e. The number of nitrogens with zero attached hydrogens (tertiary/aromatic N) is 2. The summed E-state index contributed by atoms with van der Waals surface area (Å²) in [6, 6.07) is 0. The van der Waals surface area contributed by atoms with Gasteiger partial charge >= 0.3 is 0 Å². The van der Waals surface area contributed by atoms with Crippen molar-refractivity contribution in [2.24, 2.45) is 5.92 Å². The number of carbonyl (C=O) groups excluding carboxylic acids is 1. The number of anilines is 1. The van der Waals surface area contributed by atoms with Crippen LogP contribution in [0.15, 0.2) is 12.4 Å². The lowest BCUT2D eigenvalue weighted by molar-refractivity contribution is -0.116. The van der Waals surface area contributed by atoms with E-state index in [0.29, 0.717) is 18.9 Å². The lowest BCUT2D eigenvalue weighted by Crippen LogP contribution is -2.18. The van der Waals surface area contributed by atoms with Crippen LogP contribution in [-0.2, 0) is 11.3 Å². The second-order valence-electron chi connectivity index (χ2n) is 4.25. The fraction of sp³-hybridized carbons (Fsp3) is 0.636. The highest BCUT2D eigenvalue weighted by Gasteiger charge is 2.04. The van der Waals surface area contributed by atoms with Crippen LogP contribution >= 0.6 is 0 Å². The van der Waals surface area contributed by atoms with E-state index in [1.165, 1.54) is 0 Å². The summed E-state index contributed by atoms with van der Waals surface area (Å²) in [6.45, 7) is 5.82. The molecule has 0 aliphatic carbocycles. The van der Waals surface area contributed by atoms with Gasteiger partial charge in [0.15, 0.2) is 0 Å². The molecule has 5 nitrogen and oxygen atoms in total. The van der Waals surface area contributed by atoms with Crippen molar-refractivity contribution in [2.75, 3.05) is 18.9 Å². The number of rotatable bonds is 6. The zero-order valence-electron chi connectivity index (χ0n) is 10.2. The highest BCUT2D eigenvalue weighted by molar-refractivity contribution is 5.90. The average molecular weight is 224 g/mol. The van der Waals surface area contributed by atoms with Crippen LogP contribution < -0.4 is 10.6 Å². The predicted molar refractivity (Wildman–Crippen MR) is 64.2 cm³/mol. The molecule has 0 bridgehead atoms. The molecule has 0 saturated carbocycles. The van der Waals surface area contributed by atoms with Crippen LogP contribution in [0.5, 0.6) is 0 Å². The molecule has 2 N–H and O–H groups in total. The van der Waals surface area contributed by atoms with Gasteiger partial charge < -0.3 is 10.6 Å². The van der Waals surface area contributed by atoms with Gasteiger partial charge in [0.05, 0.1) is 11.9 Å². The van der Waals surface area contributed by atoms with E-state index in [0.717, 1.165) is 12.2 Å². The summed E-state index contributed by atoms with van der Waals surface area (Å²) in [4.78, 5) is 11.4. The third kappa shape index (κ3) is 4.44. The minimum atomic E-state index is 0.0125. The standard InChI is InChI=1S/C11H20N4O/c1-9(2)7-15-8-10(6-13-15)14-11(16)4-5-12-3/h6,8-9,12H,4-5,7H2,1-3H3,(H,14,16). The second kappa shape index (κ2) is 6.27. The van der Waals surface area contributed by atoms with Gasteiger partial charge in [-0.05, 0) is 13.0 Å². The first-order valence-corrected chi connectivity index (χ1v) is 5.58. The maximum atomic E-state index is 11.4. The van der Waals surface area contributed by atoms with Gasteiger partial charge in [-0.2, -0.15) is 5.10 Å². The molecule has 1 rings (SSSR count). The fourth-order valence-electron chi connectivity index (χ4n) is 1.36. The molecule has 16 heavy (non-hydrogen) atoms. The molecule has 0 unspecified atom stereocenters. The van der Waals surface area contributed by atoms with Crippen LogP contribution in [0.2, 0.25) is 0 Å². The number of aromatic nitrogens is 2. The molecule has 0 spiro atoms. The second-order valence-corrected chi connectivity index (χ2v) is 4.25. The number of hydrogen-bond acceptors (Lipinski definition) is 3. The molecule has 0 radical (unpaired) electrons. The first kappa shape index (κ1) is 12.7. The lowest BCUT2D eigenvalue weighted by Gasteiger charge is -2.04. The topological polar surface area (TPSA) is 59.0 Å². The summed E-state index contributed by atoms with van der Waals surface area (Å²) in [5, 5.41) is 9.92. The van der Waals surface area contributed by atoms with Crippen LogP contribution in [-0.4, -0.2) is 29.3 Å². The van der Waals surface area contributed by atoms with Gasteiger partial charge in [-0.25, -0.2) is 0 Å². The Morgan fingerprint density at radius 1 is 1.56 bits per heavy atom. The Labute approximate surface area is 96.2 Å². The lowest BCUT2D eigenvalue weighted by atomic mass is 10.2. The van der Waals surface area contributed by atoms with Crippen LogP contribution in [0.4, 0.5) is 5.69 Å². The van der Waals surface area contributed by atoms with E-state index in [4.69, 9.17) is 0 Å².